The highest BCUT2D eigenvalue weighted by Crippen LogP contribution is 2.45. The minimum Gasteiger partial charge on any atom is -0.463 e. The zero-order valence-electron chi connectivity index (χ0n) is 42.4. The third kappa shape index (κ3) is 49.9. The van der Waals surface area contributed by atoms with Crippen molar-refractivity contribution in [2.75, 3.05) is 39.6 Å². The summed E-state index contributed by atoms with van der Waals surface area (Å²) in [7, 11) is -9.61. The molecule has 0 aromatic carbocycles. The first-order valence-electron chi connectivity index (χ1n) is 25.6. The topological polar surface area (TPSA) is 225 Å². The van der Waals surface area contributed by atoms with Gasteiger partial charge in [0.05, 0.1) is 26.4 Å². The summed E-state index contributed by atoms with van der Waals surface area (Å²) in [5.41, 5.74) is 0. The van der Waals surface area contributed by atoms with Crippen LogP contribution >= 0.6 is 15.6 Å². The number of esters is 2. The van der Waals surface area contributed by atoms with Crippen LogP contribution < -0.4 is 0 Å². The highest BCUT2D eigenvalue weighted by molar-refractivity contribution is 7.47. The van der Waals surface area contributed by atoms with E-state index >= 15 is 0 Å². The number of unbranched alkanes of at least 4 members (excludes halogenated alkanes) is 12. The molecule has 70 heavy (non-hydrogen) atoms. The molecule has 0 saturated heterocycles. The molecule has 5 N–H and O–H groups in total. The van der Waals surface area contributed by atoms with Gasteiger partial charge < -0.3 is 34.6 Å². The van der Waals surface area contributed by atoms with Crippen molar-refractivity contribution < 1.29 is 71.4 Å². The van der Waals surface area contributed by atoms with Gasteiger partial charge in [-0.25, -0.2) is 9.13 Å². The second kappa shape index (κ2) is 48.2. The molecule has 402 valence electrons. The Morgan fingerprint density at radius 3 is 0.971 bits per heavy atom. The van der Waals surface area contributed by atoms with Gasteiger partial charge in [0, 0.05) is 12.8 Å². The smallest absolute Gasteiger partial charge is 0.463 e. The molecule has 0 aliphatic carbocycles. The minimum atomic E-state index is -4.81. The van der Waals surface area contributed by atoms with E-state index in [2.05, 4.69) is 117 Å². The highest BCUT2D eigenvalue weighted by Gasteiger charge is 2.28. The van der Waals surface area contributed by atoms with E-state index < -0.39 is 85.5 Å². The first-order valence-corrected chi connectivity index (χ1v) is 28.6. The monoisotopic (exact) mass is 1030 g/mol. The molecule has 5 unspecified atom stereocenters. The van der Waals surface area contributed by atoms with Gasteiger partial charge in [0.1, 0.15) is 31.5 Å². The second-order valence-corrected chi connectivity index (χ2v) is 19.7. The molecule has 0 heterocycles. The summed E-state index contributed by atoms with van der Waals surface area (Å²) in [6.45, 7) is 0.258. The van der Waals surface area contributed by atoms with E-state index in [1.165, 1.54) is 44.9 Å². The lowest BCUT2D eigenvalue weighted by Crippen LogP contribution is -2.25. The molecule has 0 fully saturated rings. The first-order chi connectivity index (χ1) is 33.8. The van der Waals surface area contributed by atoms with Crippen molar-refractivity contribution in [1.29, 1.82) is 0 Å². The molecular weight excluding hydrogens is 939 g/mol. The fourth-order valence-corrected chi connectivity index (χ4v) is 7.60. The molecule has 15 nitrogen and oxygen atoms in total. The lowest BCUT2D eigenvalue weighted by atomic mass is 10.1. The number of rotatable bonds is 48. The van der Waals surface area contributed by atoms with Gasteiger partial charge in [0.15, 0.2) is 0 Å². The van der Waals surface area contributed by atoms with Crippen LogP contribution in [0.5, 0.6) is 0 Å². The van der Waals surface area contributed by atoms with Crippen LogP contribution in [0.2, 0.25) is 0 Å². The summed E-state index contributed by atoms with van der Waals surface area (Å²) in [5.74, 6) is -1.07. The van der Waals surface area contributed by atoms with Crippen molar-refractivity contribution in [3.8, 4) is 0 Å². The molecule has 0 bridgehead atoms. The summed E-state index contributed by atoms with van der Waals surface area (Å²) in [5, 5.41) is 30.1. The molecule has 0 aliphatic heterocycles. The van der Waals surface area contributed by atoms with Crippen LogP contribution in [-0.4, -0.2) is 95.0 Å². The number of hydrogen-bond acceptors (Lipinski definition) is 13. The van der Waals surface area contributed by atoms with E-state index in [9.17, 15) is 43.8 Å². The van der Waals surface area contributed by atoms with Gasteiger partial charge in [-0.1, -0.05) is 156 Å². The fraction of sp³-hybridized carbons (Fsp3) is 0.660. The Hall–Kier alpha value is -3.04. The van der Waals surface area contributed by atoms with Crippen LogP contribution in [0.1, 0.15) is 168 Å². The van der Waals surface area contributed by atoms with Crippen LogP contribution in [0.25, 0.3) is 0 Å². The van der Waals surface area contributed by atoms with Crippen LogP contribution in [0.15, 0.2) is 97.2 Å². The molecule has 0 aromatic heterocycles. The van der Waals surface area contributed by atoms with Crippen molar-refractivity contribution in [1.82, 2.24) is 0 Å². The Morgan fingerprint density at radius 1 is 0.371 bits per heavy atom. The van der Waals surface area contributed by atoms with Gasteiger partial charge in [-0.2, -0.15) is 0 Å². The van der Waals surface area contributed by atoms with E-state index in [4.69, 9.17) is 9.47 Å². The zero-order chi connectivity index (χ0) is 51.7. The first kappa shape index (κ1) is 67.0. The number of aliphatic hydroxyl groups excluding tert-OH is 3. The number of carbonyl (C=O) groups is 2. The summed E-state index contributed by atoms with van der Waals surface area (Å²) < 4.78 is 53.0. The van der Waals surface area contributed by atoms with Crippen molar-refractivity contribution in [2.45, 2.75) is 186 Å². The van der Waals surface area contributed by atoms with Gasteiger partial charge in [0.25, 0.3) is 0 Å². The Labute approximate surface area is 420 Å². The van der Waals surface area contributed by atoms with Crippen LogP contribution in [-0.2, 0) is 46.3 Å². The third-order valence-electron chi connectivity index (χ3n) is 10.0. The number of aliphatic hydroxyl groups is 3. The number of phosphoric acid groups is 2. The lowest BCUT2D eigenvalue weighted by molar-refractivity contribution is -0.148. The van der Waals surface area contributed by atoms with E-state index in [-0.39, 0.29) is 12.8 Å². The van der Waals surface area contributed by atoms with Crippen molar-refractivity contribution >= 4 is 27.6 Å². The number of hydrogen-bond donors (Lipinski definition) is 5. The van der Waals surface area contributed by atoms with Gasteiger partial charge in [-0.3, -0.25) is 27.7 Å². The summed E-state index contributed by atoms with van der Waals surface area (Å²) in [6, 6.07) is 0. The maximum absolute atomic E-state index is 12.2. The van der Waals surface area contributed by atoms with Crippen molar-refractivity contribution in [2.24, 2.45) is 0 Å². The van der Waals surface area contributed by atoms with E-state index in [1.54, 1.807) is 0 Å². The highest BCUT2D eigenvalue weighted by atomic mass is 31.2. The van der Waals surface area contributed by atoms with Crippen LogP contribution in [0, 0.1) is 0 Å². The molecule has 0 saturated carbocycles. The van der Waals surface area contributed by atoms with Crippen LogP contribution in [0.4, 0.5) is 0 Å². The maximum Gasteiger partial charge on any atom is 0.472 e. The largest absolute Gasteiger partial charge is 0.472 e. The molecule has 0 radical (unpaired) electrons. The molecule has 0 aliphatic rings. The Kier molecular flexibility index (Phi) is 46.1. The average molecular weight is 1030 g/mol. The summed E-state index contributed by atoms with van der Waals surface area (Å²) in [4.78, 5) is 43.8. The fourth-order valence-electron chi connectivity index (χ4n) is 6.01. The quantitative estimate of drug-likeness (QED) is 0.0165. The lowest BCUT2D eigenvalue weighted by Gasteiger charge is -2.19. The normalized spacial score (nSPS) is 15.7. The van der Waals surface area contributed by atoms with Crippen LogP contribution in [0.3, 0.4) is 0 Å². The predicted octanol–water partition coefficient (Wildman–Crippen LogP) is 12.3. The van der Waals surface area contributed by atoms with E-state index in [0.29, 0.717) is 19.3 Å². The van der Waals surface area contributed by atoms with Crippen molar-refractivity contribution in [3.63, 3.8) is 0 Å². The van der Waals surface area contributed by atoms with Crippen molar-refractivity contribution in [3.05, 3.63) is 97.2 Å². The molecule has 0 rings (SSSR count). The number of phosphoric ester groups is 2. The third-order valence-corrected chi connectivity index (χ3v) is 11.9. The standard InChI is InChI=1S/C53H90O15P2/c1-3-5-7-9-11-13-15-17-19-21-22-23-24-26-28-30-32-34-36-38-40-42-53(58)64-44-50(55)46-66-70(61,62)68-48-51(56)47-67-69(59,60)65-45-49(54)43-63-52(57)41-39-37-35-33-31-29-27-25-20-18-16-14-12-10-8-6-4-2/h11-14,17-20,22-23,26-29,33,35,49-51,54-56H,3-10,15-16,21,24-25,30-32,34,36-48H2,1-2H3,(H,59,60)(H,61,62)/b13-11-,14-12-,19-17-,20-18-,23-22-,28-26-,29-27-,35-33-. The predicted molar refractivity (Wildman–Crippen MR) is 279 cm³/mol. The number of carbonyl (C=O) groups excluding carboxylic acids is 2. The molecule has 5 atom stereocenters. The summed E-state index contributed by atoms with van der Waals surface area (Å²) >= 11 is 0. The Bertz CT molecular complexity index is 1620. The van der Waals surface area contributed by atoms with Gasteiger partial charge in [-0.15, -0.1) is 0 Å². The van der Waals surface area contributed by atoms with E-state index in [0.717, 1.165) is 77.0 Å². The van der Waals surface area contributed by atoms with Gasteiger partial charge in [-0.05, 0) is 96.3 Å². The molecule has 17 heteroatoms. The molecule has 0 amide bonds. The molecule has 0 aromatic rings. The number of ether oxygens (including phenoxy) is 2. The number of allylic oxidation sites excluding steroid dienone is 16. The Morgan fingerprint density at radius 2 is 0.629 bits per heavy atom. The SMILES string of the molecule is CCCCC/C=C\C/C=C\C/C=C\C/C=C\CCCCCCCC(=O)OCC(O)COP(=O)(O)OCC(O)COP(=O)(O)OCC(O)COC(=O)CCC/C=C\C/C=C\C/C=C\C/C=C\CCCCC. The average Bonchev–Trinajstić information content (AvgIpc) is 3.34. The summed E-state index contributed by atoms with van der Waals surface area (Å²) in [6.07, 6.45) is 52.5. The van der Waals surface area contributed by atoms with Gasteiger partial charge >= 0.3 is 27.6 Å². The minimum absolute atomic E-state index is 0.116. The second-order valence-electron chi connectivity index (χ2n) is 16.8. The zero-order valence-corrected chi connectivity index (χ0v) is 44.2. The maximum atomic E-state index is 12.2. The molecular formula is C53H90O15P2. The Balaban J connectivity index is 3.96. The van der Waals surface area contributed by atoms with Gasteiger partial charge in [0.2, 0.25) is 0 Å². The molecule has 0 spiro atoms. The van der Waals surface area contributed by atoms with E-state index in [1.807, 2.05) is 12.2 Å².